The number of ether oxygens (including phenoxy) is 1. The molecule has 1 amide bonds. The van der Waals surface area contributed by atoms with Crippen molar-refractivity contribution in [2.24, 2.45) is 0 Å². The Bertz CT molecular complexity index is 891. The highest BCUT2D eigenvalue weighted by molar-refractivity contribution is 5.91. The van der Waals surface area contributed by atoms with Crippen LogP contribution in [0.5, 0.6) is 5.75 Å². The van der Waals surface area contributed by atoms with Gasteiger partial charge in [-0.25, -0.2) is 4.79 Å². The number of nitrogens with one attached hydrogen (secondary N) is 1. The number of carboxylic acid groups (broad SMARTS) is 1. The molecule has 0 atom stereocenters. The van der Waals surface area contributed by atoms with Gasteiger partial charge in [-0.3, -0.25) is 4.79 Å². The number of aliphatic carboxylic acids is 1. The lowest BCUT2D eigenvalue weighted by Crippen LogP contribution is -2.34. The number of halogens is 3. The quantitative estimate of drug-likeness (QED) is 0.755. The van der Waals surface area contributed by atoms with E-state index in [1.807, 2.05) is 0 Å². The summed E-state index contributed by atoms with van der Waals surface area (Å²) in [7, 11) is 0. The molecule has 0 aliphatic heterocycles. The summed E-state index contributed by atoms with van der Waals surface area (Å²) in [6.07, 6.45) is -3.48. The van der Waals surface area contributed by atoms with E-state index in [-0.39, 0.29) is 12.5 Å². The number of hydrogen-bond acceptors (Lipinski definition) is 3. The number of amides is 1. The SMILES string of the molecule is O=C(O)COc1cccc(CNC(=O)C2(c3cccc(C(F)(F)F)c3)CC2)c1. The summed E-state index contributed by atoms with van der Waals surface area (Å²) < 4.78 is 43.9. The zero-order valence-corrected chi connectivity index (χ0v) is 14.8. The fraction of sp³-hybridized carbons (Fsp3) is 0.300. The predicted octanol–water partition coefficient (Wildman–Crippen LogP) is 3.52. The van der Waals surface area contributed by atoms with E-state index < -0.39 is 29.7 Å². The Labute approximate surface area is 159 Å². The van der Waals surface area contributed by atoms with Crippen LogP contribution in [0.25, 0.3) is 0 Å². The van der Waals surface area contributed by atoms with Crippen LogP contribution in [0, 0.1) is 0 Å². The molecule has 2 aromatic carbocycles. The van der Waals surface area contributed by atoms with E-state index in [0.29, 0.717) is 29.7 Å². The van der Waals surface area contributed by atoms with Crippen molar-refractivity contribution >= 4 is 11.9 Å². The molecule has 2 aromatic rings. The number of carbonyl (C=O) groups is 2. The van der Waals surface area contributed by atoms with Crippen LogP contribution >= 0.6 is 0 Å². The maximum Gasteiger partial charge on any atom is 0.416 e. The van der Waals surface area contributed by atoms with Crippen molar-refractivity contribution in [2.45, 2.75) is 31.0 Å². The lowest BCUT2D eigenvalue weighted by Gasteiger charge is -2.17. The second-order valence-electron chi connectivity index (χ2n) is 6.67. The molecule has 148 valence electrons. The second kappa shape index (κ2) is 7.53. The Balaban J connectivity index is 1.67. The van der Waals surface area contributed by atoms with Gasteiger partial charge in [0.05, 0.1) is 11.0 Å². The Hall–Kier alpha value is -3.03. The van der Waals surface area contributed by atoms with Crippen molar-refractivity contribution in [1.82, 2.24) is 5.32 Å². The van der Waals surface area contributed by atoms with Crippen molar-refractivity contribution in [3.63, 3.8) is 0 Å². The van der Waals surface area contributed by atoms with E-state index in [1.54, 1.807) is 30.3 Å². The number of rotatable bonds is 7. The number of carboxylic acids is 1. The summed E-state index contributed by atoms with van der Waals surface area (Å²) in [4.78, 5) is 23.2. The molecule has 1 aliphatic carbocycles. The summed E-state index contributed by atoms with van der Waals surface area (Å²) in [6, 6.07) is 11.5. The first-order valence-corrected chi connectivity index (χ1v) is 8.60. The van der Waals surface area contributed by atoms with Crippen molar-refractivity contribution in [1.29, 1.82) is 0 Å². The van der Waals surface area contributed by atoms with E-state index in [1.165, 1.54) is 6.07 Å². The van der Waals surface area contributed by atoms with Gasteiger partial charge in [-0.05, 0) is 42.2 Å². The van der Waals surface area contributed by atoms with E-state index in [9.17, 15) is 22.8 Å². The molecule has 2 N–H and O–H groups in total. The van der Waals surface area contributed by atoms with Gasteiger partial charge in [-0.1, -0.05) is 30.3 Å². The third-order valence-electron chi connectivity index (χ3n) is 4.64. The molecule has 0 radical (unpaired) electrons. The van der Waals surface area contributed by atoms with Gasteiger partial charge in [0.15, 0.2) is 6.61 Å². The molecule has 1 aliphatic rings. The van der Waals surface area contributed by atoms with E-state index in [4.69, 9.17) is 9.84 Å². The van der Waals surface area contributed by atoms with Crippen LogP contribution in [0.4, 0.5) is 13.2 Å². The van der Waals surface area contributed by atoms with Crippen LogP contribution in [-0.2, 0) is 27.7 Å². The molecular weight excluding hydrogens is 375 g/mol. The van der Waals surface area contributed by atoms with Crippen molar-refractivity contribution in [3.8, 4) is 5.75 Å². The van der Waals surface area contributed by atoms with Crippen LogP contribution in [-0.4, -0.2) is 23.6 Å². The summed E-state index contributed by atoms with van der Waals surface area (Å²) >= 11 is 0. The van der Waals surface area contributed by atoms with Gasteiger partial charge in [-0.2, -0.15) is 13.2 Å². The predicted molar refractivity (Wildman–Crippen MR) is 93.8 cm³/mol. The molecule has 0 bridgehead atoms. The Morgan fingerprint density at radius 3 is 2.46 bits per heavy atom. The molecule has 1 fully saturated rings. The Morgan fingerprint density at radius 2 is 1.82 bits per heavy atom. The Kier molecular flexibility index (Phi) is 5.31. The minimum absolute atomic E-state index is 0.157. The molecular formula is C20H18F3NO4. The van der Waals surface area contributed by atoms with Gasteiger partial charge in [0.25, 0.3) is 0 Å². The second-order valence-corrected chi connectivity index (χ2v) is 6.67. The van der Waals surface area contributed by atoms with Crippen LogP contribution < -0.4 is 10.1 Å². The fourth-order valence-corrected chi connectivity index (χ4v) is 3.01. The average Bonchev–Trinajstić information content (AvgIpc) is 3.46. The summed E-state index contributed by atoms with van der Waals surface area (Å²) in [5.74, 6) is -1.08. The summed E-state index contributed by atoms with van der Waals surface area (Å²) in [6.45, 7) is -0.321. The Morgan fingerprint density at radius 1 is 1.11 bits per heavy atom. The molecule has 28 heavy (non-hydrogen) atoms. The fourth-order valence-electron chi connectivity index (χ4n) is 3.01. The van der Waals surface area contributed by atoms with Crippen LogP contribution in [0.2, 0.25) is 0 Å². The van der Waals surface area contributed by atoms with Gasteiger partial charge >= 0.3 is 12.1 Å². The molecule has 1 saturated carbocycles. The molecule has 3 rings (SSSR count). The van der Waals surface area contributed by atoms with Crippen LogP contribution in [0.15, 0.2) is 48.5 Å². The zero-order valence-electron chi connectivity index (χ0n) is 14.8. The lowest BCUT2D eigenvalue weighted by atomic mass is 9.93. The summed E-state index contributed by atoms with van der Waals surface area (Å²) in [5.41, 5.74) is -0.652. The highest BCUT2D eigenvalue weighted by Crippen LogP contribution is 2.49. The first-order chi connectivity index (χ1) is 13.2. The van der Waals surface area contributed by atoms with E-state index in [2.05, 4.69) is 5.32 Å². The topological polar surface area (TPSA) is 75.6 Å². The highest BCUT2D eigenvalue weighted by Gasteiger charge is 2.51. The van der Waals surface area contributed by atoms with Crippen molar-refractivity contribution in [2.75, 3.05) is 6.61 Å². The highest BCUT2D eigenvalue weighted by atomic mass is 19.4. The molecule has 0 aromatic heterocycles. The van der Waals surface area contributed by atoms with Crippen molar-refractivity contribution in [3.05, 3.63) is 65.2 Å². The van der Waals surface area contributed by atoms with Gasteiger partial charge in [-0.15, -0.1) is 0 Å². The first-order valence-electron chi connectivity index (χ1n) is 8.60. The normalized spacial score (nSPS) is 15.0. The number of carbonyl (C=O) groups excluding carboxylic acids is 1. The molecule has 0 heterocycles. The van der Waals surface area contributed by atoms with E-state index in [0.717, 1.165) is 12.1 Å². The van der Waals surface area contributed by atoms with Crippen LogP contribution in [0.3, 0.4) is 0 Å². The standard InChI is InChI=1S/C20H18F3NO4/c21-20(22,23)15-5-2-4-14(10-15)19(7-8-19)18(27)24-11-13-3-1-6-16(9-13)28-12-17(25)26/h1-6,9-10H,7-8,11-12H2,(H,24,27)(H,25,26). The minimum Gasteiger partial charge on any atom is -0.482 e. The zero-order chi connectivity index (χ0) is 20.4. The largest absolute Gasteiger partial charge is 0.482 e. The monoisotopic (exact) mass is 393 g/mol. The van der Waals surface area contributed by atoms with Gasteiger partial charge in [0, 0.05) is 6.54 Å². The molecule has 0 saturated heterocycles. The molecule has 5 nitrogen and oxygen atoms in total. The maximum atomic E-state index is 12.9. The van der Waals surface area contributed by atoms with Crippen LogP contribution in [0.1, 0.15) is 29.5 Å². The summed E-state index contributed by atoms with van der Waals surface area (Å²) in [5, 5.41) is 11.4. The lowest BCUT2D eigenvalue weighted by molar-refractivity contribution is -0.139. The van der Waals surface area contributed by atoms with E-state index >= 15 is 0 Å². The number of alkyl halides is 3. The van der Waals surface area contributed by atoms with Gasteiger partial charge < -0.3 is 15.2 Å². The first kappa shape index (κ1) is 19.7. The maximum absolute atomic E-state index is 12.9. The van der Waals surface area contributed by atoms with Gasteiger partial charge in [0.2, 0.25) is 5.91 Å². The molecule has 8 heteroatoms. The third kappa shape index (κ3) is 4.44. The number of benzene rings is 2. The van der Waals surface area contributed by atoms with Gasteiger partial charge in [0.1, 0.15) is 5.75 Å². The molecule has 0 unspecified atom stereocenters. The molecule has 0 spiro atoms. The smallest absolute Gasteiger partial charge is 0.416 e. The average molecular weight is 393 g/mol. The third-order valence-corrected chi connectivity index (χ3v) is 4.64. The number of hydrogen-bond donors (Lipinski definition) is 2. The minimum atomic E-state index is -4.46. The van der Waals surface area contributed by atoms with Crippen molar-refractivity contribution < 1.29 is 32.6 Å².